The Morgan fingerprint density at radius 1 is 1.50 bits per heavy atom. The molecular formula is C14H28N2O2. The zero-order valence-corrected chi connectivity index (χ0v) is 12.5. The van der Waals surface area contributed by atoms with E-state index < -0.39 is 5.60 Å². The Bertz CT molecular complexity index is 279. The topological polar surface area (TPSA) is 41.6 Å². The van der Waals surface area contributed by atoms with Gasteiger partial charge in [0.1, 0.15) is 5.60 Å². The molecule has 0 aromatic heterocycles. The average molecular weight is 256 g/mol. The number of piperidine rings is 1. The average Bonchev–Trinajstić information content (AvgIpc) is 2.36. The zero-order valence-electron chi connectivity index (χ0n) is 12.5. The van der Waals surface area contributed by atoms with E-state index in [1.54, 1.807) is 7.11 Å². The predicted octanol–water partition coefficient (Wildman–Crippen LogP) is 1.65. The summed E-state index contributed by atoms with van der Waals surface area (Å²) >= 11 is 0. The van der Waals surface area contributed by atoms with E-state index in [0.717, 1.165) is 32.5 Å². The normalized spacial score (nSPS) is 25.3. The number of hydrogen-bond donors (Lipinski definition) is 1. The number of amides is 1. The maximum absolute atomic E-state index is 12.3. The molecule has 0 saturated carbocycles. The minimum Gasteiger partial charge on any atom is -0.369 e. The van der Waals surface area contributed by atoms with Crippen molar-refractivity contribution in [1.29, 1.82) is 0 Å². The Hall–Kier alpha value is -0.610. The molecule has 1 aliphatic rings. The van der Waals surface area contributed by atoms with E-state index in [4.69, 9.17) is 4.74 Å². The highest BCUT2D eigenvalue weighted by atomic mass is 16.5. The first-order valence-electron chi connectivity index (χ1n) is 7.00. The smallest absolute Gasteiger partial charge is 0.254 e. The Balaban J connectivity index is 2.53. The van der Waals surface area contributed by atoms with E-state index in [2.05, 4.69) is 19.2 Å². The standard InChI is InChI=1S/C14H28N2O2/c1-6-8-15-12-7-9-16(10-11(12)2)13(17)14(3,4)18-5/h11-12,15H,6-10H2,1-5H3. The van der Waals surface area contributed by atoms with Gasteiger partial charge in [-0.1, -0.05) is 13.8 Å². The fraction of sp³-hybridized carbons (Fsp3) is 0.929. The van der Waals surface area contributed by atoms with Gasteiger partial charge in [0.2, 0.25) is 0 Å². The van der Waals surface area contributed by atoms with Crippen LogP contribution in [0.1, 0.15) is 40.5 Å². The maximum atomic E-state index is 12.3. The van der Waals surface area contributed by atoms with Crippen molar-refractivity contribution in [2.24, 2.45) is 5.92 Å². The number of carbonyl (C=O) groups excluding carboxylic acids is 1. The van der Waals surface area contributed by atoms with Crippen molar-refractivity contribution < 1.29 is 9.53 Å². The summed E-state index contributed by atoms with van der Waals surface area (Å²) in [5.74, 6) is 0.604. The molecule has 1 saturated heterocycles. The van der Waals surface area contributed by atoms with Crippen LogP contribution in [0.25, 0.3) is 0 Å². The number of rotatable bonds is 5. The molecule has 2 atom stereocenters. The third-order valence-corrected chi connectivity index (χ3v) is 3.87. The molecule has 0 aromatic carbocycles. The van der Waals surface area contributed by atoms with Crippen molar-refractivity contribution in [3.05, 3.63) is 0 Å². The van der Waals surface area contributed by atoms with Crippen LogP contribution in [0.3, 0.4) is 0 Å². The van der Waals surface area contributed by atoms with Gasteiger partial charge in [0, 0.05) is 26.2 Å². The number of methoxy groups -OCH3 is 1. The number of carbonyl (C=O) groups is 1. The first-order chi connectivity index (χ1) is 8.42. The van der Waals surface area contributed by atoms with Gasteiger partial charge in [-0.3, -0.25) is 4.79 Å². The molecule has 4 heteroatoms. The van der Waals surface area contributed by atoms with Crippen molar-refractivity contribution in [3.63, 3.8) is 0 Å². The van der Waals surface area contributed by atoms with Gasteiger partial charge < -0.3 is 15.0 Å². The van der Waals surface area contributed by atoms with Crippen molar-refractivity contribution in [2.75, 3.05) is 26.7 Å². The summed E-state index contributed by atoms with van der Waals surface area (Å²) in [5, 5.41) is 3.56. The highest BCUT2D eigenvalue weighted by molar-refractivity contribution is 5.84. The number of ether oxygens (including phenoxy) is 1. The first kappa shape index (κ1) is 15.4. The fourth-order valence-electron chi connectivity index (χ4n) is 2.43. The third kappa shape index (κ3) is 3.69. The minimum absolute atomic E-state index is 0.103. The monoisotopic (exact) mass is 256 g/mol. The minimum atomic E-state index is -0.705. The first-order valence-corrected chi connectivity index (χ1v) is 7.00. The summed E-state index contributed by atoms with van der Waals surface area (Å²) in [4.78, 5) is 14.2. The highest BCUT2D eigenvalue weighted by Crippen LogP contribution is 2.21. The fourth-order valence-corrected chi connectivity index (χ4v) is 2.43. The molecule has 2 unspecified atom stereocenters. The van der Waals surface area contributed by atoms with Crippen molar-refractivity contribution >= 4 is 5.91 Å². The molecule has 1 heterocycles. The van der Waals surface area contributed by atoms with E-state index in [9.17, 15) is 4.79 Å². The molecule has 1 N–H and O–H groups in total. The summed E-state index contributed by atoms with van der Waals surface area (Å²) in [7, 11) is 1.59. The Labute approximate surface area is 111 Å². The van der Waals surface area contributed by atoms with Crippen LogP contribution in [-0.2, 0) is 9.53 Å². The molecule has 0 radical (unpaired) electrons. The second-order valence-electron chi connectivity index (χ2n) is 5.79. The van der Waals surface area contributed by atoms with Gasteiger partial charge in [0.25, 0.3) is 5.91 Å². The summed E-state index contributed by atoms with van der Waals surface area (Å²) in [5.41, 5.74) is -0.705. The molecule has 0 bridgehead atoms. The van der Waals surface area contributed by atoms with Gasteiger partial charge in [0.15, 0.2) is 0 Å². The van der Waals surface area contributed by atoms with Gasteiger partial charge in [0.05, 0.1) is 0 Å². The molecule has 0 aromatic rings. The van der Waals surface area contributed by atoms with Crippen LogP contribution in [0.2, 0.25) is 0 Å². The van der Waals surface area contributed by atoms with Crippen LogP contribution in [0, 0.1) is 5.92 Å². The number of likely N-dealkylation sites (tertiary alicyclic amines) is 1. The number of hydrogen-bond acceptors (Lipinski definition) is 3. The van der Waals surface area contributed by atoms with Gasteiger partial charge >= 0.3 is 0 Å². The van der Waals surface area contributed by atoms with Crippen LogP contribution >= 0.6 is 0 Å². The van der Waals surface area contributed by atoms with Crippen LogP contribution < -0.4 is 5.32 Å². The summed E-state index contributed by atoms with van der Waals surface area (Å²) in [6.45, 7) is 10.8. The van der Waals surface area contributed by atoms with Crippen molar-refractivity contribution in [1.82, 2.24) is 10.2 Å². The van der Waals surface area contributed by atoms with Gasteiger partial charge in [-0.05, 0) is 39.2 Å². The zero-order chi connectivity index (χ0) is 13.8. The van der Waals surface area contributed by atoms with Gasteiger partial charge in [-0.25, -0.2) is 0 Å². The van der Waals surface area contributed by atoms with Crippen molar-refractivity contribution in [2.45, 2.75) is 52.2 Å². The lowest BCUT2D eigenvalue weighted by Crippen LogP contribution is -2.55. The van der Waals surface area contributed by atoms with Crippen LogP contribution in [0.4, 0.5) is 0 Å². The number of nitrogens with one attached hydrogen (secondary N) is 1. The SMILES string of the molecule is CCCNC1CCN(C(=O)C(C)(C)OC)CC1C. The molecule has 4 nitrogen and oxygen atoms in total. The summed E-state index contributed by atoms with van der Waals surface area (Å²) in [6, 6.07) is 0.541. The summed E-state index contributed by atoms with van der Waals surface area (Å²) < 4.78 is 5.27. The third-order valence-electron chi connectivity index (χ3n) is 3.87. The predicted molar refractivity (Wildman–Crippen MR) is 73.5 cm³/mol. The van der Waals surface area contributed by atoms with E-state index in [1.807, 2.05) is 18.7 Å². The van der Waals surface area contributed by atoms with Crippen LogP contribution in [0.5, 0.6) is 0 Å². The molecule has 1 fully saturated rings. The van der Waals surface area contributed by atoms with E-state index in [0.29, 0.717) is 12.0 Å². The Kier molecular flexibility index (Phi) is 5.60. The lowest BCUT2D eigenvalue weighted by Gasteiger charge is -2.40. The highest BCUT2D eigenvalue weighted by Gasteiger charge is 2.35. The maximum Gasteiger partial charge on any atom is 0.254 e. The molecule has 18 heavy (non-hydrogen) atoms. The molecule has 1 amide bonds. The van der Waals surface area contributed by atoms with Gasteiger partial charge in [-0.2, -0.15) is 0 Å². The Morgan fingerprint density at radius 3 is 2.67 bits per heavy atom. The van der Waals surface area contributed by atoms with Crippen LogP contribution in [-0.4, -0.2) is 49.2 Å². The van der Waals surface area contributed by atoms with E-state index in [-0.39, 0.29) is 5.91 Å². The second kappa shape index (κ2) is 6.53. The molecular weight excluding hydrogens is 228 g/mol. The molecule has 1 aliphatic heterocycles. The van der Waals surface area contributed by atoms with Crippen LogP contribution in [0.15, 0.2) is 0 Å². The molecule has 106 valence electrons. The van der Waals surface area contributed by atoms with E-state index >= 15 is 0 Å². The van der Waals surface area contributed by atoms with E-state index in [1.165, 1.54) is 0 Å². The second-order valence-corrected chi connectivity index (χ2v) is 5.79. The number of nitrogens with zero attached hydrogens (tertiary/aromatic N) is 1. The molecule has 1 rings (SSSR count). The molecule has 0 aliphatic carbocycles. The Morgan fingerprint density at radius 2 is 2.17 bits per heavy atom. The quantitative estimate of drug-likeness (QED) is 0.813. The molecule has 0 spiro atoms. The van der Waals surface area contributed by atoms with Gasteiger partial charge in [-0.15, -0.1) is 0 Å². The largest absolute Gasteiger partial charge is 0.369 e. The lowest BCUT2D eigenvalue weighted by atomic mass is 9.92. The summed E-state index contributed by atoms with van der Waals surface area (Å²) in [6.07, 6.45) is 2.19. The van der Waals surface area contributed by atoms with Crippen molar-refractivity contribution in [3.8, 4) is 0 Å². The lowest BCUT2D eigenvalue weighted by molar-refractivity contribution is -0.153.